The molecule has 0 unspecified atom stereocenters. The SMILES string of the molecule is Cc1cc(C)c(C(=O)c2c(Br)cc(CC(=O)O)n2C)c(C)c1. The first-order valence-corrected chi connectivity index (χ1v) is 7.70. The van der Waals surface area contributed by atoms with Crippen LogP contribution < -0.4 is 0 Å². The molecule has 0 radical (unpaired) electrons. The largest absolute Gasteiger partial charge is 0.481 e. The van der Waals surface area contributed by atoms with Gasteiger partial charge in [-0.3, -0.25) is 9.59 Å². The van der Waals surface area contributed by atoms with E-state index >= 15 is 0 Å². The molecule has 0 aliphatic rings. The van der Waals surface area contributed by atoms with E-state index in [1.54, 1.807) is 17.7 Å². The van der Waals surface area contributed by atoms with Crippen LogP contribution in [0.5, 0.6) is 0 Å². The van der Waals surface area contributed by atoms with Crippen LogP contribution in [-0.4, -0.2) is 21.4 Å². The van der Waals surface area contributed by atoms with Gasteiger partial charge in [-0.2, -0.15) is 0 Å². The van der Waals surface area contributed by atoms with E-state index in [0.29, 0.717) is 21.4 Å². The third-order valence-electron chi connectivity index (χ3n) is 3.74. The number of hydrogen-bond acceptors (Lipinski definition) is 2. The number of ketones is 1. The number of carboxylic acid groups (broad SMARTS) is 1. The number of aryl methyl sites for hydroxylation is 3. The lowest BCUT2D eigenvalue weighted by Crippen LogP contribution is -2.14. The first-order valence-electron chi connectivity index (χ1n) is 6.90. The number of aliphatic carboxylic acids is 1. The Bertz CT molecular complexity index is 751. The van der Waals surface area contributed by atoms with Gasteiger partial charge in [0.1, 0.15) is 5.69 Å². The molecule has 1 aromatic heterocycles. The number of nitrogens with zero attached hydrogens (tertiary/aromatic N) is 1. The number of halogens is 1. The maximum absolute atomic E-state index is 12.9. The Kier molecular flexibility index (Phi) is 4.56. The minimum atomic E-state index is -0.921. The molecule has 0 saturated heterocycles. The predicted molar refractivity (Wildman–Crippen MR) is 88.5 cm³/mol. The minimum Gasteiger partial charge on any atom is -0.481 e. The molecule has 22 heavy (non-hydrogen) atoms. The summed E-state index contributed by atoms with van der Waals surface area (Å²) in [4.78, 5) is 23.9. The summed E-state index contributed by atoms with van der Waals surface area (Å²) < 4.78 is 2.27. The number of hydrogen-bond donors (Lipinski definition) is 1. The van der Waals surface area contributed by atoms with Crippen molar-refractivity contribution < 1.29 is 14.7 Å². The van der Waals surface area contributed by atoms with Gasteiger partial charge in [-0.05, 0) is 53.9 Å². The zero-order valence-electron chi connectivity index (χ0n) is 13.0. The van der Waals surface area contributed by atoms with E-state index in [2.05, 4.69) is 15.9 Å². The lowest BCUT2D eigenvalue weighted by molar-refractivity contribution is -0.136. The van der Waals surface area contributed by atoms with Gasteiger partial charge in [-0.15, -0.1) is 0 Å². The third-order valence-corrected chi connectivity index (χ3v) is 4.34. The Morgan fingerprint density at radius 2 is 1.68 bits per heavy atom. The number of benzene rings is 1. The van der Waals surface area contributed by atoms with Gasteiger partial charge < -0.3 is 9.67 Å². The topological polar surface area (TPSA) is 59.3 Å². The summed E-state index contributed by atoms with van der Waals surface area (Å²) in [5.74, 6) is -1.02. The van der Waals surface area contributed by atoms with Gasteiger partial charge >= 0.3 is 5.97 Å². The highest BCUT2D eigenvalue weighted by Gasteiger charge is 2.23. The minimum absolute atomic E-state index is 0.0963. The first-order chi connectivity index (χ1) is 10.2. The predicted octanol–water partition coefficient (Wildman–Crippen LogP) is 3.57. The normalized spacial score (nSPS) is 10.8. The number of carbonyl (C=O) groups is 2. The average molecular weight is 364 g/mol. The molecule has 0 atom stereocenters. The number of carbonyl (C=O) groups excluding carboxylic acids is 1. The molecular formula is C17H18BrNO3. The fraction of sp³-hybridized carbons (Fsp3) is 0.294. The monoisotopic (exact) mass is 363 g/mol. The van der Waals surface area contributed by atoms with Crippen LogP contribution in [0.4, 0.5) is 0 Å². The van der Waals surface area contributed by atoms with Gasteiger partial charge in [-0.25, -0.2) is 0 Å². The number of rotatable bonds is 4. The smallest absolute Gasteiger partial charge is 0.309 e. The third kappa shape index (κ3) is 2.99. The van der Waals surface area contributed by atoms with Gasteiger partial charge in [0.2, 0.25) is 5.78 Å². The van der Waals surface area contributed by atoms with Crippen LogP contribution in [0, 0.1) is 20.8 Å². The highest BCUT2D eigenvalue weighted by molar-refractivity contribution is 9.10. The molecule has 0 amide bonds. The molecule has 2 rings (SSSR count). The number of aromatic nitrogens is 1. The molecule has 4 nitrogen and oxygen atoms in total. The maximum atomic E-state index is 12.9. The van der Waals surface area contributed by atoms with Crippen molar-refractivity contribution in [1.29, 1.82) is 0 Å². The van der Waals surface area contributed by atoms with Crippen LogP contribution in [0.25, 0.3) is 0 Å². The molecule has 0 spiro atoms. The second-order valence-electron chi connectivity index (χ2n) is 5.56. The quantitative estimate of drug-likeness (QED) is 0.844. The van der Waals surface area contributed by atoms with E-state index in [4.69, 9.17) is 5.11 Å². The van der Waals surface area contributed by atoms with Crippen molar-refractivity contribution in [3.05, 3.63) is 56.3 Å². The van der Waals surface area contributed by atoms with E-state index in [1.165, 1.54) is 0 Å². The Balaban J connectivity index is 2.56. The van der Waals surface area contributed by atoms with Crippen molar-refractivity contribution in [1.82, 2.24) is 4.57 Å². The molecule has 0 saturated carbocycles. The average Bonchev–Trinajstić information content (AvgIpc) is 2.61. The molecule has 0 bridgehead atoms. The summed E-state index contributed by atoms with van der Waals surface area (Å²) in [7, 11) is 1.72. The van der Waals surface area contributed by atoms with Gasteiger partial charge in [0.05, 0.1) is 6.42 Å². The molecule has 1 heterocycles. The molecule has 1 N–H and O–H groups in total. The van der Waals surface area contributed by atoms with E-state index in [1.807, 2.05) is 32.9 Å². The van der Waals surface area contributed by atoms with Crippen LogP contribution in [-0.2, 0) is 18.3 Å². The second kappa shape index (κ2) is 6.08. The molecule has 5 heteroatoms. The molecule has 0 aliphatic heterocycles. The summed E-state index contributed by atoms with van der Waals surface area (Å²) in [6.45, 7) is 5.84. The maximum Gasteiger partial charge on any atom is 0.309 e. The summed E-state index contributed by atoms with van der Waals surface area (Å²) in [5, 5.41) is 8.95. The molecule has 0 fully saturated rings. The Morgan fingerprint density at radius 3 is 2.18 bits per heavy atom. The first kappa shape index (κ1) is 16.5. The van der Waals surface area contributed by atoms with Crippen molar-refractivity contribution >= 4 is 27.7 Å². The van der Waals surface area contributed by atoms with Crippen molar-refractivity contribution in [2.24, 2.45) is 7.05 Å². The fourth-order valence-corrected chi connectivity index (χ4v) is 3.57. The lowest BCUT2D eigenvalue weighted by Gasteiger charge is -2.12. The van der Waals surface area contributed by atoms with E-state index in [-0.39, 0.29) is 12.2 Å². The Morgan fingerprint density at radius 1 is 1.14 bits per heavy atom. The van der Waals surface area contributed by atoms with Crippen LogP contribution in [0.2, 0.25) is 0 Å². The van der Waals surface area contributed by atoms with Crippen LogP contribution >= 0.6 is 15.9 Å². The molecule has 116 valence electrons. The summed E-state index contributed by atoms with van der Waals surface area (Å²) in [5.41, 5.74) is 4.71. The Labute approximate surface area is 137 Å². The van der Waals surface area contributed by atoms with Gasteiger partial charge in [-0.1, -0.05) is 17.7 Å². The van der Waals surface area contributed by atoms with Crippen molar-refractivity contribution in [3.63, 3.8) is 0 Å². The van der Waals surface area contributed by atoms with Gasteiger partial charge in [0.15, 0.2) is 0 Å². The van der Waals surface area contributed by atoms with Crippen LogP contribution in [0.3, 0.4) is 0 Å². The van der Waals surface area contributed by atoms with Crippen LogP contribution in [0.15, 0.2) is 22.7 Å². The van der Waals surface area contributed by atoms with E-state index in [9.17, 15) is 9.59 Å². The van der Waals surface area contributed by atoms with Gasteiger partial charge in [0, 0.05) is 22.8 Å². The van der Waals surface area contributed by atoms with E-state index < -0.39 is 5.97 Å². The summed E-state index contributed by atoms with van der Waals surface area (Å²) in [6, 6.07) is 5.66. The Hall–Kier alpha value is -1.88. The number of carboxylic acids is 1. The van der Waals surface area contributed by atoms with Crippen molar-refractivity contribution in [2.45, 2.75) is 27.2 Å². The van der Waals surface area contributed by atoms with Crippen molar-refractivity contribution in [3.8, 4) is 0 Å². The highest BCUT2D eigenvalue weighted by Crippen LogP contribution is 2.27. The molecule has 0 aliphatic carbocycles. The van der Waals surface area contributed by atoms with E-state index in [0.717, 1.165) is 16.7 Å². The summed E-state index contributed by atoms with van der Waals surface area (Å²) >= 11 is 3.38. The zero-order chi connectivity index (χ0) is 16.6. The molecule has 2 aromatic rings. The molecule has 1 aromatic carbocycles. The second-order valence-corrected chi connectivity index (χ2v) is 6.42. The zero-order valence-corrected chi connectivity index (χ0v) is 14.6. The molecular weight excluding hydrogens is 346 g/mol. The standard InChI is InChI=1S/C17H18BrNO3/c1-9-5-10(2)15(11(3)6-9)17(22)16-13(18)7-12(19(16)4)8-14(20)21/h5-7H,8H2,1-4H3,(H,20,21). The van der Waals surface area contributed by atoms with Gasteiger partial charge in [0.25, 0.3) is 0 Å². The highest BCUT2D eigenvalue weighted by atomic mass is 79.9. The van der Waals surface area contributed by atoms with Crippen molar-refractivity contribution in [2.75, 3.05) is 0 Å². The lowest BCUT2D eigenvalue weighted by atomic mass is 9.95. The fourth-order valence-electron chi connectivity index (χ4n) is 2.86. The summed E-state index contributed by atoms with van der Waals surface area (Å²) in [6.07, 6.45) is -0.117. The van der Waals surface area contributed by atoms with Crippen LogP contribution in [0.1, 0.15) is 38.4 Å².